The number of hydrogen-bond donors (Lipinski definition) is 1. The molecule has 6 aromatic rings. The lowest BCUT2D eigenvalue weighted by molar-refractivity contribution is 0.276. The first-order chi connectivity index (χ1) is 28.6. The zero-order valence-electron chi connectivity index (χ0n) is 36.6. The second-order valence-electron chi connectivity index (χ2n) is 20.7. The van der Waals surface area contributed by atoms with E-state index in [1.165, 1.54) is 70.3 Å². The van der Waals surface area contributed by atoms with E-state index in [0.717, 1.165) is 36.8 Å². The van der Waals surface area contributed by atoms with Gasteiger partial charge in [-0.25, -0.2) is 0 Å². The van der Waals surface area contributed by atoms with Crippen LogP contribution in [0.1, 0.15) is 172 Å². The lowest BCUT2D eigenvalue weighted by atomic mass is 9.57. The highest BCUT2D eigenvalue weighted by Gasteiger charge is 2.51. The van der Waals surface area contributed by atoms with E-state index in [0.29, 0.717) is 24.6 Å². The highest BCUT2D eigenvalue weighted by atomic mass is 16.5. The van der Waals surface area contributed by atoms with Gasteiger partial charge in [-0.15, -0.1) is 10.2 Å². The Labute approximate surface area is 354 Å². The van der Waals surface area contributed by atoms with Crippen LogP contribution in [0.2, 0.25) is 0 Å². The molecule has 3 aromatic carbocycles. The van der Waals surface area contributed by atoms with E-state index in [1.54, 1.807) is 11.1 Å². The molecule has 60 heavy (non-hydrogen) atoms. The van der Waals surface area contributed by atoms with Gasteiger partial charge in [-0.2, -0.15) is 5.21 Å². The maximum absolute atomic E-state index is 5.18. The maximum Gasteiger partial charge on any atom is 0.252 e. The monoisotopic (exact) mass is 798 g/mol. The summed E-state index contributed by atoms with van der Waals surface area (Å²) in [4.78, 5) is 5.06. The molecule has 1 N–H and O–H groups in total. The van der Waals surface area contributed by atoms with Gasteiger partial charge < -0.3 is 4.52 Å². The van der Waals surface area contributed by atoms with E-state index in [-0.39, 0.29) is 32.5 Å². The summed E-state index contributed by atoms with van der Waals surface area (Å²) in [7, 11) is 0. The van der Waals surface area contributed by atoms with Crippen LogP contribution in [0.25, 0.3) is 0 Å². The molecule has 4 aliphatic carbocycles. The van der Waals surface area contributed by atoms with Gasteiger partial charge in [0.1, 0.15) is 0 Å². The minimum Gasteiger partial charge on any atom is -0.320 e. The number of fused-ring (bicyclic) bond motifs is 2. The number of H-pyrrole nitrogens is 1. The Balaban J connectivity index is 0.947. The zero-order chi connectivity index (χ0) is 41.7. The van der Waals surface area contributed by atoms with Crippen molar-refractivity contribution in [1.29, 1.82) is 0 Å². The third-order valence-corrected chi connectivity index (χ3v) is 15.6. The van der Waals surface area contributed by atoms with Crippen LogP contribution < -0.4 is 0 Å². The highest BCUT2D eigenvalue weighted by molar-refractivity contribution is 5.58. The predicted octanol–water partition coefficient (Wildman–Crippen LogP) is 10.2. The van der Waals surface area contributed by atoms with Gasteiger partial charge in [-0.3, -0.25) is 4.98 Å². The van der Waals surface area contributed by atoms with Gasteiger partial charge in [0, 0.05) is 34.3 Å². The predicted molar refractivity (Wildman–Crippen MR) is 233 cm³/mol. The Hall–Kier alpha value is -5.31. The van der Waals surface area contributed by atoms with Crippen molar-refractivity contribution in [3.05, 3.63) is 158 Å². The van der Waals surface area contributed by atoms with Gasteiger partial charge in [0.25, 0.3) is 5.89 Å². The van der Waals surface area contributed by atoms with Crippen LogP contribution in [0.3, 0.4) is 0 Å². The largest absolute Gasteiger partial charge is 0.320 e. The molecule has 9 nitrogen and oxygen atoms in total. The second-order valence-corrected chi connectivity index (χ2v) is 20.7. The van der Waals surface area contributed by atoms with Crippen molar-refractivity contribution in [1.82, 2.24) is 41.2 Å². The molecular formula is C51H58N8O. The summed E-state index contributed by atoms with van der Waals surface area (Å²) >= 11 is 0. The lowest BCUT2D eigenvalue weighted by Gasteiger charge is -2.47. The summed E-state index contributed by atoms with van der Waals surface area (Å²) in [6.45, 7) is 19.5. The molecule has 2 unspecified atom stereocenters. The van der Waals surface area contributed by atoms with E-state index in [2.05, 4.69) is 164 Å². The molecule has 0 spiro atoms. The molecule has 2 atom stereocenters. The third kappa shape index (κ3) is 6.45. The number of nitrogens with zero attached hydrogens (tertiary/aromatic N) is 7. The van der Waals surface area contributed by atoms with Crippen LogP contribution in [0.4, 0.5) is 0 Å². The fourth-order valence-corrected chi connectivity index (χ4v) is 11.2. The van der Waals surface area contributed by atoms with Crippen LogP contribution in [0.15, 0.2) is 83.5 Å². The average molecular weight is 799 g/mol. The molecule has 0 radical (unpaired) electrons. The molecule has 4 aliphatic rings. The molecule has 0 amide bonds. The molecule has 2 fully saturated rings. The number of aryl methyl sites for hydroxylation is 2. The van der Waals surface area contributed by atoms with Crippen LogP contribution in [0, 0.1) is 13.8 Å². The van der Waals surface area contributed by atoms with Gasteiger partial charge in [0.05, 0.1) is 17.4 Å². The molecule has 2 saturated carbocycles. The van der Waals surface area contributed by atoms with Crippen molar-refractivity contribution in [2.75, 3.05) is 0 Å². The quantitative estimate of drug-likeness (QED) is 0.129. The Morgan fingerprint density at radius 1 is 0.633 bits per heavy atom. The second kappa shape index (κ2) is 13.6. The minimum atomic E-state index is -0.0691. The number of benzene rings is 3. The summed E-state index contributed by atoms with van der Waals surface area (Å²) in [5.41, 5.74) is 16.8. The Morgan fingerprint density at radius 3 is 1.98 bits per heavy atom. The average Bonchev–Trinajstić information content (AvgIpc) is 4.09. The van der Waals surface area contributed by atoms with Crippen LogP contribution >= 0.6 is 0 Å². The van der Waals surface area contributed by atoms with Crippen molar-refractivity contribution >= 4 is 0 Å². The summed E-state index contributed by atoms with van der Waals surface area (Å²) < 4.78 is 5.18. The summed E-state index contributed by atoms with van der Waals surface area (Å²) in [5, 5.41) is 25.7. The number of aromatic nitrogens is 8. The Morgan fingerprint density at radius 2 is 1.33 bits per heavy atom. The molecule has 0 saturated heterocycles. The molecule has 3 heterocycles. The fourth-order valence-electron chi connectivity index (χ4n) is 11.2. The van der Waals surface area contributed by atoms with E-state index < -0.39 is 0 Å². The van der Waals surface area contributed by atoms with Crippen molar-refractivity contribution in [2.24, 2.45) is 0 Å². The lowest BCUT2D eigenvalue weighted by Crippen LogP contribution is -2.39. The van der Waals surface area contributed by atoms with Crippen molar-refractivity contribution < 1.29 is 4.52 Å². The molecule has 10 rings (SSSR count). The van der Waals surface area contributed by atoms with Crippen LogP contribution in [0.5, 0.6) is 0 Å². The van der Waals surface area contributed by atoms with Gasteiger partial charge >= 0.3 is 0 Å². The zero-order valence-corrected chi connectivity index (χ0v) is 36.6. The van der Waals surface area contributed by atoms with E-state index in [1.807, 2.05) is 6.20 Å². The Bertz CT molecular complexity index is 2600. The smallest absolute Gasteiger partial charge is 0.252 e. The van der Waals surface area contributed by atoms with Crippen molar-refractivity contribution in [3.63, 3.8) is 0 Å². The number of rotatable bonds is 11. The number of aromatic amines is 1. The number of pyridine rings is 1. The molecular weight excluding hydrogens is 741 g/mol. The maximum atomic E-state index is 5.18. The number of hydrogen-bond acceptors (Lipinski definition) is 8. The molecule has 0 bridgehead atoms. The first-order valence-electron chi connectivity index (χ1n) is 22.1. The standard InChI is InChI=1S/C51H58N8O/c1-32-25-39-42(30-37(32)50(21-22-50)36-12-9-34(10-13-36)28-45-55-58-59-60-45)49(8,18-15-46(39,3)4)20-19-48(7)17-16-47(5,6)40-29-38(33(2)26-41(40)48)51(23-24-51)43-14-11-35(31-52-43)27-44-53-56-57-54-44/h9-14,16-17,25-26,29-31H,15,18-24,27-28H2,1-8H3,(H,53,54,56,57). The first-order valence-corrected chi connectivity index (χ1v) is 22.1. The summed E-state index contributed by atoms with van der Waals surface area (Å²) in [6, 6.07) is 23.9. The van der Waals surface area contributed by atoms with Gasteiger partial charge in [-0.1, -0.05) is 119 Å². The number of allylic oxidation sites excluding steroid dienone is 2. The number of nitrogens with one attached hydrogen (secondary N) is 1. The normalized spacial score (nSPS) is 23.8. The SMILES string of the molecule is Cc1cc2c(cc1C1(c3ccc(Cc4nnno4)cc3)CC1)C(C)(CCC1(C)C=CC(C)(C)c3cc(C4(c5ccc(Cc6nn[nH]n6)cn5)CC4)c(C)cc31)CCC2(C)C. The number of tetrazole rings is 1. The molecule has 3 aromatic heterocycles. The summed E-state index contributed by atoms with van der Waals surface area (Å²) in [6.07, 6.45) is 17.5. The van der Waals surface area contributed by atoms with Crippen LogP contribution in [-0.2, 0) is 45.3 Å². The first kappa shape index (κ1) is 38.9. The third-order valence-electron chi connectivity index (χ3n) is 15.6. The van der Waals surface area contributed by atoms with Crippen LogP contribution in [-0.4, -0.2) is 41.2 Å². The van der Waals surface area contributed by atoms with Crippen molar-refractivity contribution in [3.8, 4) is 0 Å². The van der Waals surface area contributed by atoms with E-state index in [9.17, 15) is 0 Å². The van der Waals surface area contributed by atoms with Crippen molar-refractivity contribution in [2.45, 2.75) is 152 Å². The molecule has 9 heteroatoms. The van der Waals surface area contributed by atoms with Gasteiger partial charge in [-0.05, 0) is 149 Å². The molecule has 308 valence electrons. The van der Waals surface area contributed by atoms with E-state index >= 15 is 0 Å². The van der Waals surface area contributed by atoms with Gasteiger partial charge in [0.15, 0.2) is 5.82 Å². The minimum absolute atomic E-state index is 0.0346. The molecule has 0 aliphatic heterocycles. The Kier molecular flexibility index (Phi) is 8.81. The van der Waals surface area contributed by atoms with E-state index in [4.69, 9.17) is 9.51 Å². The highest BCUT2D eigenvalue weighted by Crippen LogP contribution is 2.59. The summed E-state index contributed by atoms with van der Waals surface area (Å²) in [5.74, 6) is 1.23. The van der Waals surface area contributed by atoms with Gasteiger partial charge in [0.2, 0.25) is 0 Å². The topological polar surface area (TPSA) is 119 Å². The fraction of sp³-hybridized carbons (Fsp3) is 0.471.